The number of aliphatic hydroxyl groups excluding tert-OH is 2. The summed E-state index contributed by atoms with van der Waals surface area (Å²) >= 11 is 0. The van der Waals surface area contributed by atoms with Crippen molar-refractivity contribution >= 4 is 34.8 Å². The van der Waals surface area contributed by atoms with Crippen LogP contribution in [-0.2, 0) is 16.0 Å². The molecule has 0 aromatic heterocycles. The lowest BCUT2D eigenvalue weighted by Crippen LogP contribution is -2.63. The zero-order chi connectivity index (χ0) is 30.7. The number of likely N-dealkylation sites (N-methyl/N-ethyl adjacent to an activating group) is 1. The number of phenols is 1. The van der Waals surface area contributed by atoms with Crippen LogP contribution in [0.4, 0.5) is 11.4 Å². The second kappa shape index (κ2) is 10.4. The molecule has 41 heavy (non-hydrogen) atoms. The Kier molecular flexibility index (Phi) is 7.56. The summed E-state index contributed by atoms with van der Waals surface area (Å²) in [4.78, 5) is 42.9. The average molecular weight is 571 g/mol. The Morgan fingerprint density at radius 3 is 2.37 bits per heavy atom. The van der Waals surface area contributed by atoms with Gasteiger partial charge in [0.25, 0.3) is 5.91 Å². The molecule has 1 aromatic carbocycles. The monoisotopic (exact) mass is 570 g/mol. The molecule has 0 fully saturated rings. The van der Waals surface area contributed by atoms with E-state index in [0.717, 1.165) is 0 Å². The van der Waals surface area contributed by atoms with Gasteiger partial charge in [0.05, 0.1) is 17.3 Å². The van der Waals surface area contributed by atoms with Crippen LogP contribution in [0.1, 0.15) is 36.2 Å². The van der Waals surface area contributed by atoms with Gasteiger partial charge in [0.15, 0.2) is 23.1 Å². The van der Waals surface area contributed by atoms with Crippen LogP contribution in [0.25, 0.3) is 0 Å². The van der Waals surface area contributed by atoms with Crippen molar-refractivity contribution in [2.45, 2.75) is 38.3 Å². The molecular formula is C28H38N6O7. The Hall–Kier alpha value is -4.10. The van der Waals surface area contributed by atoms with E-state index in [2.05, 4.69) is 10.6 Å². The van der Waals surface area contributed by atoms with E-state index in [1.807, 2.05) is 13.8 Å². The normalized spacial score (nSPS) is 25.6. The molecule has 0 heterocycles. The molecule has 4 rings (SSSR count). The van der Waals surface area contributed by atoms with Gasteiger partial charge in [-0.05, 0) is 50.4 Å². The maximum atomic E-state index is 14.0. The molecule has 13 heteroatoms. The maximum Gasteiger partial charge on any atom is 0.255 e. The standard InChI is InChI=1S/C28H38N6O7/c1-11(2)10-31-27(30)32-15-9-16(33(3)4)13-7-12-8-14-20(34(5)6)23(37)19(26(29)40)25(39)28(14,41)24(38)17(12)22(36)18(13)21(15)35/h9,11-12,14,20,35,37-38,41H,7-8,10H2,1-6H3,(H2,29,40)(H3,30,31,32)/t12-,14-,20-,28-/m0/s1. The van der Waals surface area contributed by atoms with Gasteiger partial charge in [-0.1, -0.05) is 13.8 Å². The minimum absolute atomic E-state index is 0.00314. The molecule has 222 valence electrons. The number of fused-ring (bicyclic) bond motifs is 3. The van der Waals surface area contributed by atoms with E-state index < -0.39 is 63.8 Å². The number of benzene rings is 1. The van der Waals surface area contributed by atoms with Gasteiger partial charge >= 0.3 is 0 Å². The second-order valence-corrected chi connectivity index (χ2v) is 11.8. The van der Waals surface area contributed by atoms with Crippen LogP contribution in [0, 0.1) is 23.2 Å². The summed E-state index contributed by atoms with van der Waals surface area (Å²) in [6, 6.07) is 0.569. The number of carbonyl (C=O) groups excluding carboxylic acids is 3. The van der Waals surface area contributed by atoms with Gasteiger partial charge in [0, 0.05) is 37.8 Å². The Morgan fingerprint density at radius 2 is 1.83 bits per heavy atom. The summed E-state index contributed by atoms with van der Waals surface area (Å²) in [6.07, 6.45) is 0.169. The summed E-state index contributed by atoms with van der Waals surface area (Å²) in [6.45, 7) is 4.44. The molecule has 0 spiro atoms. The molecule has 0 saturated carbocycles. The zero-order valence-electron chi connectivity index (χ0n) is 24.0. The van der Waals surface area contributed by atoms with Crippen LogP contribution >= 0.6 is 0 Å². The van der Waals surface area contributed by atoms with Crippen LogP contribution < -0.4 is 21.3 Å². The summed E-state index contributed by atoms with van der Waals surface area (Å²) in [5.41, 5.74) is 2.62. The van der Waals surface area contributed by atoms with Crippen molar-refractivity contribution in [3.8, 4) is 5.75 Å². The van der Waals surface area contributed by atoms with Crippen molar-refractivity contribution in [3.63, 3.8) is 0 Å². The highest BCUT2D eigenvalue weighted by Crippen LogP contribution is 2.53. The number of hydrogen-bond donors (Lipinski definition) is 8. The fourth-order valence-corrected chi connectivity index (χ4v) is 6.28. The Bertz CT molecular complexity index is 1410. The first-order valence-corrected chi connectivity index (χ1v) is 13.3. The van der Waals surface area contributed by atoms with Crippen molar-refractivity contribution in [1.82, 2.24) is 10.2 Å². The minimum atomic E-state index is -2.71. The van der Waals surface area contributed by atoms with E-state index in [1.54, 1.807) is 39.2 Å². The van der Waals surface area contributed by atoms with Gasteiger partial charge in [0.2, 0.25) is 5.78 Å². The van der Waals surface area contributed by atoms with E-state index in [-0.39, 0.29) is 41.5 Å². The number of aliphatic hydroxyl groups is 3. The lowest BCUT2D eigenvalue weighted by molar-refractivity contribution is -0.148. The smallest absolute Gasteiger partial charge is 0.255 e. The summed E-state index contributed by atoms with van der Waals surface area (Å²) < 4.78 is 0. The predicted octanol–water partition coefficient (Wildman–Crippen LogP) is 0.779. The van der Waals surface area contributed by atoms with Crippen LogP contribution in [0.2, 0.25) is 0 Å². The number of ketones is 2. The predicted molar refractivity (Wildman–Crippen MR) is 152 cm³/mol. The van der Waals surface area contributed by atoms with E-state index in [9.17, 15) is 34.8 Å². The summed E-state index contributed by atoms with van der Waals surface area (Å²) in [5.74, 6) is -6.95. The largest absolute Gasteiger partial charge is 0.510 e. The van der Waals surface area contributed by atoms with Crippen molar-refractivity contribution in [1.29, 1.82) is 5.41 Å². The molecule has 3 aliphatic rings. The summed E-state index contributed by atoms with van der Waals surface area (Å²) in [7, 11) is 6.69. The molecule has 1 amide bonds. The molecule has 1 aromatic rings. The molecule has 4 atom stereocenters. The third-order valence-electron chi connectivity index (χ3n) is 8.13. The van der Waals surface area contributed by atoms with Gasteiger partial charge in [-0.3, -0.25) is 24.7 Å². The highest BCUT2D eigenvalue weighted by atomic mass is 16.3. The fourth-order valence-electron chi connectivity index (χ4n) is 6.28. The van der Waals surface area contributed by atoms with Crippen molar-refractivity contribution in [3.05, 3.63) is 39.9 Å². The van der Waals surface area contributed by atoms with Crippen LogP contribution in [0.5, 0.6) is 5.75 Å². The number of phenolic OH excluding ortho intramolecular Hbond substituents is 1. The number of hydrogen-bond acceptors (Lipinski definition) is 10. The molecule has 9 N–H and O–H groups in total. The first-order chi connectivity index (χ1) is 19.0. The maximum absolute atomic E-state index is 14.0. The highest BCUT2D eigenvalue weighted by Gasteiger charge is 2.63. The first-order valence-electron chi connectivity index (χ1n) is 13.3. The second-order valence-electron chi connectivity index (χ2n) is 11.8. The number of guanidine groups is 1. The number of nitrogens with zero attached hydrogens (tertiary/aromatic N) is 2. The number of Topliss-reactive ketones (excluding diaryl/α,β-unsaturated/α-hetero) is 2. The number of aromatic hydroxyl groups is 1. The average Bonchev–Trinajstić information content (AvgIpc) is 2.85. The SMILES string of the molecule is CC(C)CNC(=N)Nc1cc(N(C)C)c2c(c1O)C(=O)C1=C(O)[C@]3(O)C(=O)C(C(N)=O)=C(O)[C@@H](N(C)C)[C@@H]3C[C@@H]1C2. The molecule has 0 saturated heterocycles. The number of anilines is 2. The quantitative estimate of drug-likeness (QED) is 0.104. The number of primary amides is 1. The molecular weight excluding hydrogens is 532 g/mol. The van der Waals surface area contributed by atoms with Crippen molar-refractivity contribution < 1.29 is 34.8 Å². The number of allylic oxidation sites excluding steroid dienone is 1. The number of nitrogens with two attached hydrogens (primary N) is 1. The van der Waals surface area contributed by atoms with Crippen LogP contribution in [0.3, 0.4) is 0 Å². The molecule has 0 bridgehead atoms. The molecule has 13 nitrogen and oxygen atoms in total. The highest BCUT2D eigenvalue weighted by molar-refractivity contribution is 6.25. The zero-order valence-corrected chi connectivity index (χ0v) is 24.0. The lowest BCUT2D eigenvalue weighted by Gasteiger charge is -2.50. The number of nitrogens with one attached hydrogen (secondary N) is 3. The molecule has 0 aliphatic heterocycles. The van der Waals surface area contributed by atoms with Gasteiger partial charge in [-0.25, -0.2) is 0 Å². The topological polar surface area (TPSA) is 213 Å². The number of carbonyl (C=O) groups is 3. The molecule has 0 radical (unpaired) electrons. The van der Waals surface area contributed by atoms with Gasteiger partial charge in [0.1, 0.15) is 17.1 Å². The van der Waals surface area contributed by atoms with Crippen molar-refractivity contribution in [2.75, 3.05) is 45.0 Å². The Balaban J connectivity index is 1.89. The lowest BCUT2D eigenvalue weighted by atomic mass is 9.58. The number of rotatable bonds is 6. The van der Waals surface area contributed by atoms with Gasteiger partial charge in [-0.2, -0.15) is 0 Å². The Labute approximate surface area is 237 Å². The summed E-state index contributed by atoms with van der Waals surface area (Å²) in [5, 5.41) is 59.3. The molecule has 0 unspecified atom stereocenters. The van der Waals surface area contributed by atoms with Crippen LogP contribution in [-0.4, -0.2) is 95.1 Å². The minimum Gasteiger partial charge on any atom is -0.510 e. The van der Waals surface area contributed by atoms with Crippen LogP contribution in [0.15, 0.2) is 28.7 Å². The van der Waals surface area contributed by atoms with Gasteiger partial charge < -0.3 is 41.7 Å². The van der Waals surface area contributed by atoms with Gasteiger partial charge in [-0.15, -0.1) is 0 Å². The molecule has 3 aliphatic carbocycles. The van der Waals surface area contributed by atoms with E-state index >= 15 is 0 Å². The fraction of sp³-hybridized carbons (Fsp3) is 0.500. The third-order valence-corrected chi connectivity index (χ3v) is 8.13. The Morgan fingerprint density at radius 1 is 1.20 bits per heavy atom. The first kappa shape index (κ1) is 29.9. The van der Waals surface area contributed by atoms with E-state index in [4.69, 9.17) is 11.1 Å². The number of amides is 1. The van der Waals surface area contributed by atoms with E-state index in [1.165, 1.54) is 4.90 Å². The van der Waals surface area contributed by atoms with Crippen molar-refractivity contribution in [2.24, 2.45) is 23.5 Å². The third kappa shape index (κ3) is 4.58. The van der Waals surface area contributed by atoms with E-state index in [0.29, 0.717) is 17.8 Å².